The molecule has 1 amide bonds. The lowest BCUT2D eigenvalue weighted by Gasteiger charge is -2.14. The fraction of sp³-hybridized carbons (Fsp3) is 0.174. The van der Waals surface area contributed by atoms with Crippen molar-refractivity contribution < 1.29 is 9.53 Å². The van der Waals surface area contributed by atoms with E-state index < -0.39 is 0 Å². The third-order valence-electron chi connectivity index (χ3n) is 4.92. The van der Waals surface area contributed by atoms with Crippen LogP contribution in [0.2, 0.25) is 0 Å². The molecule has 0 bridgehead atoms. The van der Waals surface area contributed by atoms with E-state index in [1.165, 1.54) is 4.90 Å². The summed E-state index contributed by atoms with van der Waals surface area (Å²) in [5.41, 5.74) is 4.77. The van der Waals surface area contributed by atoms with Crippen LogP contribution in [-0.4, -0.2) is 27.4 Å². The van der Waals surface area contributed by atoms with Gasteiger partial charge >= 0.3 is 0 Å². The van der Waals surface area contributed by atoms with Crippen LogP contribution in [-0.2, 0) is 4.79 Å². The van der Waals surface area contributed by atoms with Gasteiger partial charge in [-0.3, -0.25) is 9.69 Å². The molecule has 4 rings (SSSR count). The van der Waals surface area contributed by atoms with E-state index in [1.54, 1.807) is 0 Å². The van der Waals surface area contributed by atoms with Gasteiger partial charge in [-0.15, -0.1) is 0 Å². The summed E-state index contributed by atoms with van der Waals surface area (Å²) in [6.45, 7) is 6.43. The van der Waals surface area contributed by atoms with Crippen LogP contribution in [0.25, 0.3) is 11.8 Å². The van der Waals surface area contributed by atoms with Crippen molar-refractivity contribution in [1.82, 2.24) is 15.1 Å². The number of benzene rings is 2. The molecule has 1 aliphatic rings. The third-order valence-corrected chi connectivity index (χ3v) is 5.21. The van der Waals surface area contributed by atoms with Crippen molar-refractivity contribution in [3.63, 3.8) is 0 Å². The number of hydrogen-bond acceptors (Lipinski definition) is 4. The zero-order chi connectivity index (χ0) is 21.3. The van der Waals surface area contributed by atoms with Crippen LogP contribution in [0.1, 0.15) is 23.9 Å². The average Bonchev–Trinajstić information content (AvgIpc) is 3.19. The summed E-state index contributed by atoms with van der Waals surface area (Å²) in [5.74, 6) is 0.553. The first kappa shape index (κ1) is 19.8. The summed E-state index contributed by atoms with van der Waals surface area (Å²) in [6.07, 6.45) is 1.82. The first-order valence-corrected chi connectivity index (χ1v) is 10.1. The van der Waals surface area contributed by atoms with Gasteiger partial charge in [0, 0.05) is 11.3 Å². The van der Waals surface area contributed by atoms with Crippen LogP contribution in [0.15, 0.2) is 60.3 Å². The van der Waals surface area contributed by atoms with Crippen molar-refractivity contribution in [2.45, 2.75) is 20.8 Å². The van der Waals surface area contributed by atoms with E-state index in [4.69, 9.17) is 17.0 Å². The van der Waals surface area contributed by atoms with Gasteiger partial charge in [0.1, 0.15) is 11.4 Å². The van der Waals surface area contributed by atoms with Gasteiger partial charge in [0.05, 0.1) is 23.7 Å². The highest BCUT2D eigenvalue weighted by Crippen LogP contribution is 2.26. The summed E-state index contributed by atoms with van der Waals surface area (Å²) < 4.78 is 7.35. The van der Waals surface area contributed by atoms with E-state index in [9.17, 15) is 4.79 Å². The van der Waals surface area contributed by atoms with Gasteiger partial charge in [-0.2, -0.15) is 5.10 Å². The van der Waals surface area contributed by atoms with Gasteiger partial charge in [-0.05, 0) is 75.5 Å². The number of ether oxygens (including phenoxy) is 1. The summed E-state index contributed by atoms with van der Waals surface area (Å²) in [5, 5.41) is 8.04. The van der Waals surface area contributed by atoms with E-state index in [0.29, 0.717) is 23.1 Å². The lowest BCUT2D eigenvalue weighted by molar-refractivity contribution is -0.113. The molecule has 1 aliphatic heterocycles. The molecular weight excluding hydrogens is 396 g/mol. The van der Waals surface area contributed by atoms with Crippen molar-refractivity contribution in [1.29, 1.82) is 0 Å². The third kappa shape index (κ3) is 3.59. The highest BCUT2D eigenvalue weighted by atomic mass is 32.1. The Kier molecular flexibility index (Phi) is 5.37. The number of nitrogens with one attached hydrogen (secondary N) is 1. The van der Waals surface area contributed by atoms with Gasteiger partial charge in [-0.1, -0.05) is 18.2 Å². The largest absolute Gasteiger partial charge is 0.494 e. The van der Waals surface area contributed by atoms with Gasteiger partial charge < -0.3 is 10.1 Å². The molecule has 2 aromatic carbocycles. The predicted molar refractivity (Wildman–Crippen MR) is 122 cm³/mol. The lowest BCUT2D eigenvalue weighted by Crippen LogP contribution is -2.30. The molecule has 3 aromatic rings. The highest BCUT2D eigenvalue weighted by molar-refractivity contribution is 7.80. The number of carbonyl (C=O) groups excluding carboxylic acids is 1. The molecule has 6 nitrogen and oxygen atoms in total. The normalized spacial score (nSPS) is 15.0. The number of aryl methyl sites for hydroxylation is 1. The smallest absolute Gasteiger partial charge is 0.281 e. The fourth-order valence-corrected chi connectivity index (χ4v) is 3.75. The molecule has 30 heavy (non-hydrogen) atoms. The van der Waals surface area contributed by atoms with Gasteiger partial charge in [0.25, 0.3) is 5.91 Å². The molecular formula is C23H22N4O2S. The number of nitrogens with zero attached hydrogens (tertiary/aromatic N) is 3. The summed E-state index contributed by atoms with van der Waals surface area (Å²) >= 11 is 5.43. The molecule has 0 unspecified atom stereocenters. The van der Waals surface area contributed by atoms with Crippen LogP contribution in [0.5, 0.6) is 5.75 Å². The topological polar surface area (TPSA) is 59.4 Å². The Morgan fingerprint density at radius 3 is 2.43 bits per heavy atom. The second-order valence-electron chi connectivity index (χ2n) is 6.89. The van der Waals surface area contributed by atoms with Crippen molar-refractivity contribution in [3.8, 4) is 11.4 Å². The number of anilines is 1. The molecule has 0 atom stereocenters. The van der Waals surface area contributed by atoms with Crippen molar-refractivity contribution in [2.75, 3.05) is 11.5 Å². The van der Waals surface area contributed by atoms with Crippen LogP contribution in [0, 0.1) is 13.8 Å². The molecule has 7 heteroatoms. The minimum atomic E-state index is -0.199. The van der Waals surface area contributed by atoms with Crippen molar-refractivity contribution in [2.24, 2.45) is 0 Å². The van der Waals surface area contributed by atoms with E-state index in [1.807, 2.05) is 86.1 Å². The number of carbonyl (C=O) groups is 1. The van der Waals surface area contributed by atoms with Gasteiger partial charge in [0.2, 0.25) is 0 Å². The zero-order valence-electron chi connectivity index (χ0n) is 17.0. The highest BCUT2D eigenvalue weighted by Gasteiger charge is 2.32. The minimum absolute atomic E-state index is 0.199. The molecule has 1 N–H and O–H groups in total. The first-order chi connectivity index (χ1) is 14.5. The lowest BCUT2D eigenvalue weighted by atomic mass is 10.1. The molecule has 1 fully saturated rings. The SMILES string of the molecule is CCOc1ccc(N2C(=O)/C(=C\c3c(C)nn(-c4ccccc4)c3C)NC2=S)cc1. The maximum Gasteiger partial charge on any atom is 0.281 e. The molecule has 1 aromatic heterocycles. The monoisotopic (exact) mass is 418 g/mol. The van der Waals surface area contributed by atoms with E-state index >= 15 is 0 Å². The first-order valence-electron chi connectivity index (χ1n) is 9.71. The Labute approximate surface area is 180 Å². The van der Waals surface area contributed by atoms with Crippen LogP contribution >= 0.6 is 12.2 Å². The summed E-state index contributed by atoms with van der Waals surface area (Å²) in [4.78, 5) is 14.6. The Hall–Kier alpha value is -3.45. The van der Waals surface area contributed by atoms with Crippen LogP contribution in [0.4, 0.5) is 5.69 Å². The van der Waals surface area contributed by atoms with Crippen molar-refractivity contribution in [3.05, 3.63) is 77.2 Å². The summed E-state index contributed by atoms with van der Waals surface area (Å²) in [6, 6.07) is 17.2. The minimum Gasteiger partial charge on any atom is -0.494 e. The number of aromatic nitrogens is 2. The summed E-state index contributed by atoms with van der Waals surface area (Å²) in [7, 11) is 0. The quantitative estimate of drug-likeness (QED) is 0.498. The maximum absolute atomic E-state index is 13.1. The molecule has 0 spiro atoms. The Balaban J connectivity index is 1.65. The van der Waals surface area contributed by atoms with E-state index in [0.717, 1.165) is 28.4 Å². The number of para-hydroxylation sites is 1. The zero-order valence-corrected chi connectivity index (χ0v) is 17.9. The number of thiocarbonyl (C=S) groups is 1. The second kappa shape index (κ2) is 8.12. The van der Waals surface area contributed by atoms with Crippen LogP contribution < -0.4 is 15.0 Å². The molecule has 0 radical (unpaired) electrons. The predicted octanol–water partition coefficient (Wildman–Crippen LogP) is 4.15. The Bertz CT molecular complexity index is 1130. The van der Waals surface area contributed by atoms with Crippen LogP contribution in [0.3, 0.4) is 0 Å². The molecule has 0 saturated carbocycles. The maximum atomic E-state index is 13.1. The molecule has 2 heterocycles. The fourth-order valence-electron chi connectivity index (χ4n) is 3.46. The van der Waals surface area contributed by atoms with Crippen molar-refractivity contribution >= 4 is 35.0 Å². The average molecular weight is 419 g/mol. The van der Waals surface area contributed by atoms with E-state index in [-0.39, 0.29) is 5.91 Å². The number of amides is 1. The number of hydrogen-bond donors (Lipinski definition) is 1. The number of rotatable bonds is 5. The standard InChI is InChI=1S/C23H22N4O2S/c1-4-29-19-12-10-17(11-13-19)26-22(28)21(24-23(26)30)14-20-15(2)25-27(16(20)3)18-8-6-5-7-9-18/h5-14H,4H2,1-3H3,(H,24,30)/b21-14+. The van der Waals surface area contributed by atoms with Gasteiger partial charge in [-0.25, -0.2) is 4.68 Å². The van der Waals surface area contributed by atoms with Gasteiger partial charge in [0.15, 0.2) is 5.11 Å². The molecule has 152 valence electrons. The molecule has 1 saturated heterocycles. The second-order valence-corrected chi connectivity index (χ2v) is 7.27. The Morgan fingerprint density at radius 1 is 1.07 bits per heavy atom. The Morgan fingerprint density at radius 2 is 1.77 bits per heavy atom. The molecule has 0 aliphatic carbocycles. The van der Waals surface area contributed by atoms with E-state index in [2.05, 4.69) is 10.4 Å².